The number of carbonyl (C=O) groups is 2. The maximum atomic E-state index is 13.5. The highest BCUT2D eigenvalue weighted by Crippen LogP contribution is 2.32. The highest BCUT2D eigenvalue weighted by molar-refractivity contribution is 7.99. The average molecular weight is 631 g/mol. The molecule has 1 aliphatic carbocycles. The highest BCUT2D eigenvalue weighted by Gasteiger charge is 2.32. The number of carbonyl (C=O) groups excluding carboxylic acids is 1. The van der Waals surface area contributed by atoms with Crippen LogP contribution in [0.3, 0.4) is 0 Å². The fourth-order valence-corrected chi connectivity index (χ4v) is 7.66. The van der Waals surface area contributed by atoms with Gasteiger partial charge in [0.25, 0.3) is 5.91 Å². The molecule has 0 aromatic heterocycles. The van der Waals surface area contributed by atoms with Crippen molar-refractivity contribution in [3.8, 4) is 11.1 Å². The number of carboxylic acids is 1. The van der Waals surface area contributed by atoms with Crippen LogP contribution in [0.5, 0.6) is 0 Å². The molecule has 1 saturated carbocycles. The third kappa shape index (κ3) is 9.80. The monoisotopic (exact) mass is 630 g/mol. The fraction of sp³-hybridized carbons (Fsp3) is 0.576. The minimum Gasteiger partial charge on any atom is -0.480 e. The molecule has 2 aliphatic rings. The van der Waals surface area contributed by atoms with Crippen LogP contribution >= 0.6 is 11.8 Å². The zero-order valence-electron chi connectivity index (χ0n) is 25.6. The van der Waals surface area contributed by atoms with Gasteiger partial charge in [-0.15, -0.1) is 0 Å². The van der Waals surface area contributed by atoms with Gasteiger partial charge in [-0.1, -0.05) is 49.6 Å². The molecule has 4 rings (SSSR count). The standard InChI is InChI=1S/C33H46N2O6S2/c1-23-9-7-8-12-28(23)30-17-25(13-14-29(30)32(36)34-31(33(37)38)15-16-43(3,39)40)19-35-20-27(42-2)18-26(35)22-41-21-24-10-5-4-6-11-24/h7-9,12-14,17,24,26-27,31H,4-6,10-11,15-16,18-22H2,1-3H3,(H,34,36)(H,37,38)/t26-,27?,31-/m0/s1. The van der Waals surface area contributed by atoms with Crippen LogP contribution in [0.4, 0.5) is 0 Å². The van der Waals surface area contributed by atoms with Crippen LogP contribution in [0, 0.1) is 12.8 Å². The third-order valence-corrected chi connectivity index (χ3v) is 10.7. The summed E-state index contributed by atoms with van der Waals surface area (Å²) >= 11 is 1.90. The topological polar surface area (TPSA) is 113 Å². The van der Waals surface area contributed by atoms with E-state index in [0.717, 1.165) is 61.2 Å². The molecule has 2 N–H and O–H groups in total. The van der Waals surface area contributed by atoms with Crippen LogP contribution < -0.4 is 5.32 Å². The molecule has 3 atom stereocenters. The van der Waals surface area contributed by atoms with Gasteiger partial charge >= 0.3 is 5.97 Å². The molecular weight excluding hydrogens is 585 g/mol. The number of amides is 1. The second-order valence-corrected chi connectivity index (χ2v) is 15.6. The SMILES string of the molecule is CSC1C[C@@H](COCC2CCCCC2)N(Cc2ccc(C(=O)N[C@@H](CCS(C)(=O)=O)C(=O)O)c(-c3ccccc3C)c2)C1. The molecule has 2 fully saturated rings. The minimum atomic E-state index is -3.38. The Morgan fingerprint density at radius 1 is 1.09 bits per heavy atom. The first-order valence-electron chi connectivity index (χ1n) is 15.3. The summed E-state index contributed by atoms with van der Waals surface area (Å²) in [7, 11) is -3.38. The number of carboxylic acid groups (broad SMARTS) is 1. The van der Waals surface area contributed by atoms with Crippen molar-refractivity contribution in [1.29, 1.82) is 0 Å². The van der Waals surface area contributed by atoms with Crippen molar-refractivity contribution < 1.29 is 27.9 Å². The first kappa shape index (κ1) is 33.5. The lowest BCUT2D eigenvalue weighted by Crippen LogP contribution is -2.42. The molecule has 0 radical (unpaired) electrons. The largest absolute Gasteiger partial charge is 0.480 e. The summed E-state index contributed by atoms with van der Waals surface area (Å²) in [6, 6.07) is 12.6. The van der Waals surface area contributed by atoms with Gasteiger partial charge in [-0.05, 0) is 79.2 Å². The Morgan fingerprint density at radius 2 is 1.84 bits per heavy atom. The predicted octanol–water partition coefficient (Wildman–Crippen LogP) is 5.18. The Kier molecular flexibility index (Phi) is 12.1. The number of aliphatic carboxylic acids is 1. The van der Waals surface area contributed by atoms with E-state index in [2.05, 4.69) is 16.5 Å². The summed E-state index contributed by atoms with van der Waals surface area (Å²) in [5.74, 6) is -1.45. The van der Waals surface area contributed by atoms with Crippen LogP contribution in [0.15, 0.2) is 42.5 Å². The zero-order chi connectivity index (χ0) is 31.0. The van der Waals surface area contributed by atoms with Gasteiger partial charge in [-0.3, -0.25) is 9.69 Å². The van der Waals surface area contributed by atoms with Crippen LogP contribution in [0.2, 0.25) is 0 Å². The molecule has 1 amide bonds. The van der Waals surface area contributed by atoms with Gasteiger partial charge in [0, 0.05) is 42.8 Å². The van der Waals surface area contributed by atoms with E-state index in [0.29, 0.717) is 22.8 Å². The molecule has 0 bridgehead atoms. The Morgan fingerprint density at radius 3 is 2.51 bits per heavy atom. The maximum Gasteiger partial charge on any atom is 0.326 e. The number of likely N-dealkylation sites (tertiary alicyclic amines) is 1. The van der Waals surface area contributed by atoms with E-state index in [1.54, 1.807) is 6.07 Å². The smallest absolute Gasteiger partial charge is 0.326 e. The lowest BCUT2D eigenvalue weighted by atomic mass is 9.90. The van der Waals surface area contributed by atoms with Crippen LogP contribution in [0.1, 0.15) is 66.4 Å². The van der Waals surface area contributed by atoms with E-state index in [1.807, 2.05) is 55.1 Å². The molecule has 10 heteroatoms. The Labute approximate surface area is 260 Å². The third-order valence-electron chi connectivity index (χ3n) is 8.74. The number of rotatable bonds is 14. The summed E-state index contributed by atoms with van der Waals surface area (Å²) in [6.07, 6.45) is 10.6. The van der Waals surface area contributed by atoms with Gasteiger partial charge < -0.3 is 15.2 Å². The van der Waals surface area contributed by atoms with E-state index in [4.69, 9.17) is 4.74 Å². The lowest BCUT2D eigenvalue weighted by molar-refractivity contribution is -0.139. The van der Waals surface area contributed by atoms with E-state index in [1.165, 1.54) is 32.1 Å². The van der Waals surface area contributed by atoms with Crippen molar-refractivity contribution in [1.82, 2.24) is 10.2 Å². The zero-order valence-corrected chi connectivity index (χ0v) is 27.2. The molecule has 43 heavy (non-hydrogen) atoms. The molecule has 0 spiro atoms. The molecule has 1 saturated heterocycles. The van der Waals surface area contributed by atoms with Gasteiger partial charge in [-0.2, -0.15) is 11.8 Å². The number of hydrogen-bond donors (Lipinski definition) is 2. The van der Waals surface area contributed by atoms with Gasteiger partial charge in [-0.25, -0.2) is 13.2 Å². The number of sulfone groups is 1. The van der Waals surface area contributed by atoms with Crippen molar-refractivity contribution >= 4 is 33.5 Å². The molecule has 2 aromatic rings. The highest BCUT2D eigenvalue weighted by atomic mass is 32.2. The Bertz CT molecular complexity index is 1360. The quantitative estimate of drug-likeness (QED) is 0.294. The number of benzene rings is 2. The fourth-order valence-electron chi connectivity index (χ4n) is 6.25. The van der Waals surface area contributed by atoms with Crippen molar-refractivity contribution in [2.45, 2.75) is 75.7 Å². The first-order valence-corrected chi connectivity index (χ1v) is 18.6. The Hall–Kier alpha value is -2.40. The Balaban J connectivity index is 1.54. The van der Waals surface area contributed by atoms with Gasteiger partial charge in [0.2, 0.25) is 0 Å². The lowest BCUT2D eigenvalue weighted by Gasteiger charge is -2.27. The molecular formula is C33H46N2O6S2. The summed E-state index contributed by atoms with van der Waals surface area (Å²) in [6.45, 7) is 5.25. The van der Waals surface area contributed by atoms with Crippen molar-refractivity contribution in [3.63, 3.8) is 0 Å². The minimum absolute atomic E-state index is 0.201. The van der Waals surface area contributed by atoms with Gasteiger partial charge in [0.05, 0.1) is 12.4 Å². The van der Waals surface area contributed by atoms with Gasteiger partial charge in [0.15, 0.2) is 0 Å². The van der Waals surface area contributed by atoms with Crippen molar-refractivity contribution in [2.75, 3.05) is 38.0 Å². The second kappa shape index (κ2) is 15.5. The van der Waals surface area contributed by atoms with Crippen molar-refractivity contribution in [3.05, 3.63) is 59.2 Å². The van der Waals surface area contributed by atoms with E-state index in [-0.39, 0.29) is 12.2 Å². The average Bonchev–Trinajstić information content (AvgIpc) is 3.36. The number of nitrogens with zero attached hydrogens (tertiary/aromatic N) is 1. The maximum absolute atomic E-state index is 13.5. The summed E-state index contributed by atoms with van der Waals surface area (Å²) in [4.78, 5) is 27.8. The van der Waals surface area contributed by atoms with E-state index < -0.39 is 27.8 Å². The number of aryl methyl sites for hydroxylation is 1. The van der Waals surface area contributed by atoms with Crippen molar-refractivity contribution in [2.24, 2.45) is 5.92 Å². The summed E-state index contributed by atoms with van der Waals surface area (Å²) < 4.78 is 29.6. The van der Waals surface area contributed by atoms with E-state index in [9.17, 15) is 23.1 Å². The summed E-state index contributed by atoms with van der Waals surface area (Å²) in [5, 5.41) is 12.8. The predicted molar refractivity (Wildman–Crippen MR) is 173 cm³/mol. The van der Waals surface area contributed by atoms with Gasteiger partial charge in [0.1, 0.15) is 15.9 Å². The van der Waals surface area contributed by atoms with Crippen LogP contribution in [-0.4, -0.2) is 85.7 Å². The molecule has 1 heterocycles. The normalized spacial score (nSPS) is 20.6. The van der Waals surface area contributed by atoms with Crippen LogP contribution in [0.25, 0.3) is 11.1 Å². The number of thioether (sulfide) groups is 1. The number of hydrogen-bond acceptors (Lipinski definition) is 7. The molecule has 1 unspecified atom stereocenters. The van der Waals surface area contributed by atoms with E-state index >= 15 is 0 Å². The second-order valence-electron chi connectivity index (χ2n) is 12.2. The first-order chi connectivity index (χ1) is 20.5. The summed E-state index contributed by atoms with van der Waals surface area (Å²) in [5.41, 5.74) is 4.05. The molecule has 8 nitrogen and oxygen atoms in total. The molecule has 236 valence electrons. The van der Waals surface area contributed by atoms with Crippen LogP contribution in [-0.2, 0) is 25.9 Å². The number of nitrogens with one attached hydrogen (secondary N) is 1. The molecule has 1 aliphatic heterocycles. The molecule has 2 aromatic carbocycles. The number of ether oxygens (including phenoxy) is 1.